The van der Waals surface area contributed by atoms with Crippen molar-refractivity contribution in [3.05, 3.63) is 64.1 Å². The maximum atomic E-state index is 13.6. The van der Waals surface area contributed by atoms with E-state index in [0.717, 1.165) is 23.5 Å². The monoisotopic (exact) mass is 440 g/mol. The minimum atomic E-state index is -3.81. The molecular weight excluding hydrogens is 426 g/mol. The Hall–Kier alpha value is -2.96. The molecule has 0 spiro atoms. The van der Waals surface area contributed by atoms with Gasteiger partial charge in [0.15, 0.2) is 0 Å². The first-order chi connectivity index (χ1) is 13.8. The third kappa shape index (κ3) is 5.10. The van der Waals surface area contributed by atoms with E-state index in [1.54, 1.807) is 0 Å². The molecule has 1 amide bonds. The van der Waals surface area contributed by atoms with Crippen LogP contribution in [0.3, 0.4) is 0 Å². The van der Waals surface area contributed by atoms with E-state index in [-0.39, 0.29) is 27.1 Å². The topological polar surface area (TPSA) is 110 Å². The van der Waals surface area contributed by atoms with E-state index in [1.165, 1.54) is 31.4 Å². The van der Waals surface area contributed by atoms with Crippen LogP contribution in [0, 0.1) is 11.6 Å². The first-order valence-electron chi connectivity index (χ1n) is 8.01. The van der Waals surface area contributed by atoms with Crippen molar-refractivity contribution < 1.29 is 26.7 Å². The number of carbonyl (C=O) groups excluding carboxylic acids is 1. The third-order valence-electron chi connectivity index (χ3n) is 3.62. The van der Waals surface area contributed by atoms with E-state index >= 15 is 0 Å². The van der Waals surface area contributed by atoms with E-state index in [0.29, 0.717) is 11.8 Å². The van der Waals surface area contributed by atoms with Crippen molar-refractivity contribution in [2.45, 2.75) is 11.4 Å². The zero-order valence-corrected chi connectivity index (χ0v) is 16.5. The number of anilines is 1. The Bertz CT molecular complexity index is 1130. The van der Waals surface area contributed by atoms with Crippen molar-refractivity contribution in [2.24, 2.45) is 0 Å². The summed E-state index contributed by atoms with van der Waals surface area (Å²) in [6.45, 7) is -0.190. The molecule has 152 valence electrons. The highest BCUT2D eigenvalue weighted by Gasteiger charge is 2.18. The molecule has 0 atom stereocenters. The van der Waals surface area contributed by atoms with Gasteiger partial charge in [-0.25, -0.2) is 21.9 Å². The lowest BCUT2D eigenvalue weighted by molar-refractivity contribution is 0.102. The number of hydrogen-bond donors (Lipinski definition) is 2. The molecule has 1 aromatic heterocycles. The molecule has 12 heteroatoms. The third-order valence-corrected chi connectivity index (χ3v) is 5.96. The summed E-state index contributed by atoms with van der Waals surface area (Å²) in [7, 11) is -2.34. The number of carbonyl (C=O) groups is 1. The zero-order chi connectivity index (χ0) is 21.0. The summed E-state index contributed by atoms with van der Waals surface area (Å²) in [4.78, 5) is 12.2. The van der Waals surface area contributed by atoms with Gasteiger partial charge >= 0.3 is 0 Å². The van der Waals surface area contributed by atoms with Crippen LogP contribution >= 0.6 is 11.3 Å². The molecular formula is C17H14F2N4O4S2. The number of ether oxygens (including phenoxy) is 1. The minimum absolute atomic E-state index is 0.0348. The Morgan fingerprint density at radius 2 is 1.86 bits per heavy atom. The number of methoxy groups -OCH3 is 1. The quantitative estimate of drug-likeness (QED) is 0.584. The van der Waals surface area contributed by atoms with Crippen molar-refractivity contribution in [3.8, 4) is 5.75 Å². The number of aromatic nitrogens is 2. The fourth-order valence-electron chi connectivity index (χ4n) is 2.18. The van der Waals surface area contributed by atoms with Gasteiger partial charge in [0, 0.05) is 6.07 Å². The van der Waals surface area contributed by atoms with Crippen LogP contribution in [0.2, 0.25) is 0 Å². The Kier molecular flexibility index (Phi) is 6.15. The van der Waals surface area contributed by atoms with Crippen LogP contribution in [0.4, 0.5) is 14.5 Å². The highest BCUT2D eigenvalue weighted by Crippen LogP contribution is 2.19. The second kappa shape index (κ2) is 8.59. The molecule has 2 N–H and O–H groups in total. The summed E-state index contributed by atoms with van der Waals surface area (Å²) in [5.74, 6) is -1.95. The number of sulfonamides is 1. The van der Waals surface area contributed by atoms with Gasteiger partial charge in [-0.05, 0) is 36.4 Å². The molecule has 8 nitrogen and oxygen atoms in total. The molecule has 0 aliphatic heterocycles. The number of benzene rings is 2. The van der Waals surface area contributed by atoms with E-state index in [4.69, 9.17) is 4.74 Å². The largest absolute Gasteiger partial charge is 0.497 e. The molecule has 0 aliphatic carbocycles. The molecule has 0 saturated heterocycles. The van der Waals surface area contributed by atoms with Crippen LogP contribution in [-0.4, -0.2) is 31.6 Å². The summed E-state index contributed by atoms with van der Waals surface area (Å²) in [6, 6.07) is 8.50. The fraction of sp³-hybridized carbons (Fsp3) is 0.118. The number of nitrogens with one attached hydrogen (secondary N) is 2. The summed E-state index contributed by atoms with van der Waals surface area (Å²) in [5.41, 5.74) is -0.214. The first kappa shape index (κ1) is 20.8. The molecule has 0 radical (unpaired) electrons. The first-order valence-corrected chi connectivity index (χ1v) is 10.3. The van der Waals surface area contributed by atoms with E-state index in [2.05, 4.69) is 20.2 Å². The molecule has 0 unspecified atom stereocenters. The van der Waals surface area contributed by atoms with Gasteiger partial charge in [0.25, 0.3) is 5.91 Å². The second-order valence-electron chi connectivity index (χ2n) is 5.58. The van der Waals surface area contributed by atoms with Crippen LogP contribution in [0.5, 0.6) is 5.75 Å². The Morgan fingerprint density at radius 1 is 1.14 bits per heavy atom. The van der Waals surface area contributed by atoms with Crippen LogP contribution in [-0.2, 0) is 16.6 Å². The van der Waals surface area contributed by atoms with Crippen LogP contribution in [0.15, 0.2) is 47.4 Å². The van der Waals surface area contributed by atoms with Crippen molar-refractivity contribution in [1.82, 2.24) is 14.9 Å². The highest BCUT2D eigenvalue weighted by molar-refractivity contribution is 7.89. The number of hydrogen-bond acceptors (Lipinski definition) is 7. The summed E-state index contributed by atoms with van der Waals surface area (Å²) in [5, 5.41) is 9.79. The molecule has 3 rings (SSSR count). The number of amides is 1. The molecule has 2 aromatic carbocycles. The average Bonchev–Trinajstić information content (AvgIpc) is 3.18. The predicted octanol–water partition coefficient (Wildman–Crippen LogP) is 2.56. The van der Waals surface area contributed by atoms with Crippen molar-refractivity contribution in [2.75, 3.05) is 12.4 Å². The van der Waals surface area contributed by atoms with Gasteiger partial charge in [-0.1, -0.05) is 11.3 Å². The highest BCUT2D eigenvalue weighted by atomic mass is 32.2. The lowest BCUT2D eigenvalue weighted by Gasteiger charge is -2.06. The SMILES string of the molecule is COc1ccc(S(=O)(=O)NCc2nnc(C(=O)Nc3ccc(F)cc3F)s2)cc1. The van der Waals surface area contributed by atoms with Gasteiger partial charge in [-0.3, -0.25) is 4.79 Å². The fourth-order valence-corrected chi connectivity index (χ4v) is 3.93. The summed E-state index contributed by atoms with van der Waals surface area (Å²) < 4.78 is 58.5. The Morgan fingerprint density at radius 3 is 2.52 bits per heavy atom. The van der Waals surface area contributed by atoms with E-state index < -0.39 is 27.6 Å². The van der Waals surface area contributed by atoms with Gasteiger partial charge in [-0.2, -0.15) is 0 Å². The summed E-state index contributed by atoms with van der Waals surface area (Å²) in [6.07, 6.45) is 0. The van der Waals surface area contributed by atoms with Gasteiger partial charge in [0.05, 0.1) is 24.2 Å². The van der Waals surface area contributed by atoms with Crippen LogP contribution < -0.4 is 14.8 Å². The molecule has 0 aliphatic rings. The standard InChI is InChI=1S/C17H14F2N4O4S2/c1-27-11-3-5-12(6-4-11)29(25,26)20-9-15-22-23-17(28-15)16(24)21-14-7-2-10(18)8-13(14)19/h2-8,20H,9H2,1H3,(H,21,24). The number of rotatable bonds is 7. The van der Waals surface area contributed by atoms with Crippen LogP contribution in [0.1, 0.15) is 14.8 Å². The predicted molar refractivity (Wildman–Crippen MR) is 101 cm³/mol. The van der Waals surface area contributed by atoms with Crippen LogP contribution in [0.25, 0.3) is 0 Å². The molecule has 29 heavy (non-hydrogen) atoms. The smallest absolute Gasteiger partial charge is 0.286 e. The maximum Gasteiger partial charge on any atom is 0.286 e. The minimum Gasteiger partial charge on any atom is -0.497 e. The maximum absolute atomic E-state index is 13.6. The van der Waals surface area contributed by atoms with Crippen molar-refractivity contribution in [1.29, 1.82) is 0 Å². The van der Waals surface area contributed by atoms with Gasteiger partial charge in [0.1, 0.15) is 22.4 Å². The normalized spacial score (nSPS) is 11.3. The van der Waals surface area contributed by atoms with E-state index in [1.807, 2.05) is 0 Å². The molecule has 0 fully saturated rings. The van der Waals surface area contributed by atoms with Gasteiger partial charge in [-0.15, -0.1) is 10.2 Å². The molecule has 0 bridgehead atoms. The molecule has 3 aromatic rings. The van der Waals surface area contributed by atoms with Crippen molar-refractivity contribution >= 4 is 33.0 Å². The second-order valence-corrected chi connectivity index (χ2v) is 8.41. The molecule has 1 heterocycles. The lowest BCUT2D eigenvalue weighted by atomic mass is 10.3. The Labute approximate surface area is 168 Å². The van der Waals surface area contributed by atoms with Gasteiger partial charge in [0.2, 0.25) is 15.0 Å². The number of halogens is 2. The Balaban J connectivity index is 1.64. The van der Waals surface area contributed by atoms with Crippen molar-refractivity contribution in [3.63, 3.8) is 0 Å². The summed E-state index contributed by atoms with van der Waals surface area (Å²) >= 11 is 0.833. The molecule has 0 saturated carbocycles. The zero-order valence-electron chi connectivity index (χ0n) is 14.8. The van der Waals surface area contributed by atoms with E-state index in [9.17, 15) is 22.0 Å². The number of nitrogens with zero attached hydrogens (tertiary/aromatic N) is 2. The average molecular weight is 440 g/mol. The lowest BCUT2D eigenvalue weighted by Crippen LogP contribution is -2.23. The van der Waals surface area contributed by atoms with Gasteiger partial charge < -0.3 is 10.1 Å².